The average molecular weight is 505 g/mol. The predicted octanol–water partition coefficient (Wildman–Crippen LogP) is 3.04. The molecule has 0 unspecified atom stereocenters. The van der Waals surface area contributed by atoms with Gasteiger partial charge in [0.05, 0.1) is 17.4 Å². The van der Waals surface area contributed by atoms with Gasteiger partial charge in [-0.3, -0.25) is 14.4 Å². The first-order valence-corrected chi connectivity index (χ1v) is 11.5. The van der Waals surface area contributed by atoms with Gasteiger partial charge in [-0.15, -0.1) is 0 Å². The highest BCUT2D eigenvalue weighted by Crippen LogP contribution is 2.57. The summed E-state index contributed by atoms with van der Waals surface area (Å²) in [6.45, 7) is 6.06. The lowest BCUT2D eigenvalue weighted by atomic mass is 9.70. The third-order valence-electron chi connectivity index (χ3n) is 6.70. The second-order valence-electron chi connectivity index (χ2n) is 9.05. The number of allylic oxidation sites excluding steroid dienone is 4. The van der Waals surface area contributed by atoms with Crippen molar-refractivity contribution in [1.29, 1.82) is 0 Å². The number of benzene rings is 1. The van der Waals surface area contributed by atoms with Crippen molar-refractivity contribution in [3.05, 3.63) is 64.1 Å². The smallest absolute Gasteiger partial charge is 0.238 e. The number of phenolic OH excluding ortho intramolecular Hbond substituents is 2. The molecule has 2 aliphatic rings. The Labute approximate surface area is 210 Å². The van der Waals surface area contributed by atoms with Crippen LogP contribution in [0.15, 0.2) is 50.4 Å². The normalized spacial score (nSPS) is 19.7. The molecule has 0 spiro atoms. The fourth-order valence-corrected chi connectivity index (χ4v) is 4.67. The Morgan fingerprint density at radius 2 is 1.95 bits per heavy atom. The standard InChI is InChI=1S/C26H23N3O8/c1-11-21(32)19(13(3)30)23-20(22(11)33)26(4)16(36-23)10-14(31)18(24(26)34)12(2)27-8-7-17-28-25(29-37-17)15-6-5-9-35-15/h5-6,9-10,27,32-33H,7-8H2,1-4H3/t26-/m0/s1. The number of rotatable bonds is 6. The van der Waals surface area contributed by atoms with E-state index >= 15 is 0 Å². The van der Waals surface area contributed by atoms with Crippen molar-refractivity contribution in [3.63, 3.8) is 0 Å². The summed E-state index contributed by atoms with van der Waals surface area (Å²) >= 11 is 0. The number of nitrogens with one attached hydrogen (secondary N) is 1. The molecule has 0 saturated heterocycles. The molecule has 0 radical (unpaired) electrons. The summed E-state index contributed by atoms with van der Waals surface area (Å²) in [5, 5.41) is 28.3. The number of hydrogen-bond donors (Lipinski definition) is 3. The van der Waals surface area contributed by atoms with Gasteiger partial charge in [-0.25, -0.2) is 0 Å². The molecule has 3 aromatic rings. The molecule has 0 amide bonds. The SMILES string of the molecule is CC(=O)c1c(O)c(C)c(O)c2c1OC1=CC(=O)C(=C(C)NCCc3nc(-c4ccco4)no3)C(=O)[C@@]12C. The number of Topliss-reactive ketones (excluding diaryl/α,β-unsaturated/α-hetero) is 2. The Bertz CT molecular complexity index is 1540. The fraction of sp³-hybridized carbons (Fsp3) is 0.269. The summed E-state index contributed by atoms with van der Waals surface area (Å²) in [7, 11) is 0. The summed E-state index contributed by atoms with van der Waals surface area (Å²) in [5.41, 5.74) is -1.45. The zero-order chi connectivity index (χ0) is 26.6. The maximum atomic E-state index is 13.8. The van der Waals surface area contributed by atoms with E-state index in [4.69, 9.17) is 13.7 Å². The monoisotopic (exact) mass is 505 g/mol. The van der Waals surface area contributed by atoms with E-state index in [1.807, 2.05) is 0 Å². The Hall–Kier alpha value is -4.67. The molecule has 190 valence electrons. The van der Waals surface area contributed by atoms with E-state index in [1.165, 1.54) is 33.1 Å². The van der Waals surface area contributed by atoms with Crippen LogP contribution in [0.25, 0.3) is 11.6 Å². The van der Waals surface area contributed by atoms with Crippen molar-refractivity contribution in [2.75, 3.05) is 6.54 Å². The molecule has 0 fully saturated rings. The molecule has 11 nitrogen and oxygen atoms in total. The first-order chi connectivity index (χ1) is 17.6. The van der Waals surface area contributed by atoms with E-state index in [0.29, 0.717) is 29.6 Å². The number of carbonyl (C=O) groups is 3. The number of aromatic nitrogens is 2. The van der Waals surface area contributed by atoms with Gasteiger partial charge in [0.1, 0.15) is 34.0 Å². The van der Waals surface area contributed by atoms with Crippen molar-refractivity contribution in [1.82, 2.24) is 15.5 Å². The number of phenols is 2. The second kappa shape index (κ2) is 8.47. The fourth-order valence-electron chi connectivity index (χ4n) is 4.67. The Kier molecular flexibility index (Phi) is 5.50. The molecule has 1 atom stereocenters. The van der Waals surface area contributed by atoms with Gasteiger partial charge >= 0.3 is 0 Å². The number of carbonyl (C=O) groups excluding carboxylic acids is 3. The van der Waals surface area contributed by atoms with Crippen LogP contribution >= 0.6 is 0 Å². The van der Waals surface area contributed by atoms with Crippen LogP contribution in [0.3, 0.4) is 0 Å². The van der Waals surface area contributed by atoms with E-state index in [9.17, 15) is 24.6 Å². The number of aromatic hydroxyl groups is 2. The highest BCUT2D eigenvalue weighted by Gasteiger charge is 2.56. The van der Waals surface area contributed by atoms with Crippen LogP contribution in [0.1, 0.15) is 48.1 Å². The number of ether oxygens (including phenoxy) is 1. The molecule has 5 rings (SSSR count). The predicted molar refractivity (Wildman–Crippen MR) is 127 cm³/mol. The minimum absolute atomic E-state index is 0.0202. The molecule has 1 aromatic carbocycles. The van der Waals surface area contributed by atoms with Gasteiger partial charge in [-0.2, -0.15) is 4.98 Å². The topological polar surface area (TPSA) is 165 Å². The summed E-state index contributed by atoms with van der Waals surface area (Å²) < 4.78 is 16.2. The molecule has 0 bridgehead atoms. The van der Waals surface area contributed by atoms with Crippen LogP contribution in [-0.4, -0.2) is 44.2 Å². The van der Waals surface area contributed by atoms with E-state index in [1.54, 1.807) is 19.1 Å². The lowest BCUT2D eigenvalue weighted by molar-refractivity contribution is -0.123. The van der Waals surface area contributed by atoms with Crippen molar-refractivity contribution >= 4 is 17.3 Å². The minimum atomic E-state index is -1.57. The van der Waals surface area contributed by atoms with Crippen LogP contribution in [0.4, 0.5) is 0 Å². The zero-order valence-electron chi connectivity index (χ0n) is 20.5. The molecule has 2 aromatic heterocycles. The molecule has 37 heavy (non-hydrogen) atoms. The summed E-state index contributed by atoms with van der Waals surface area (Å²) in [6, 6.07) is 3.41. The lowest BCUT2D eigenvalue weighted by Crippen LogP contribution is -2.41. The molecule has 3 heterocycles. The molecule has 0 saturated carbocycles. The van der Waals surface area contributed by atoms with Gasteiger partial charge in [-0.05, 0) is 39.8 Å². The Morgan fingerprint density at radius 1 is 1.19 bits per heavy atom. The third kappa shape index (κ3) is 3.53. The lowest BCUT2D eigenvalue weighted by Gasteiger charge is -2.29. The quantitative estimate of drug-likeness (QED) is 0.256. The molecular weight excluding hydrogens is 482 g/mol. The van der Waals surface area contributed by atoms with Gasteiger partial charge in [0.15, 0.2) is 23.1 Å². The van der Waals surface area contributed by atoms with Crippen molar-refractivity contribution in [2.45, 2.75) is 39.5 Å². The van der Waals surface area contributed by atoms with Crippen LogP contribution in [0, 0.1) is 6.92 Å². The summed E-state index contributed by atoms with van der Waals surface area (Å²) in [4.78, 5) is 43.3. The first kappa shape index (κ1) is 24.0. The second-order valence-corrected chi connectivity index (χ2v) is 9.05. The van der Waals surface area contributed by atoms with Crippen LogP contribution < -0.4 is 10.1 Å². The van der Waals surface area contributed by atoms with Gasteiger partial charge in [0.25, 0.3) is 0 Å². The van der Waals surface area contributed by atoms with Gasteiger partial charge in [0, 0.05) is 30.3 Å². The number of furan rings is 1. The number of fused-ring (bicyclic) bond motifs is 3. The Morgan fingerprint density at radius 3 is 2.62 bits per heavy atom. The number of ketones is 3. The van der Waals surface area contributed by atoms with Crippen molar-refractivity contribution in [3.8, 4) is 28.8 Å². The zero-order valence-corrected chi connectivity index (χ0v) is 20.5. The van der Waals surface area contributed by atoms with Crippen LogP contribution in [0.2, 0.25) is 0 Å². The van der Waals surface area contributed by atoms with Gasteiger partial charge in [-0.1, -0.05) is 5.16 Å². The summed E-state index contributed by atoms with van der Waals surface area (Å²) in [6.07, 6.45) is 2.98. The van der Waals surface area contributed by atoms with Crippen LogP contribution in [-0.2, 0) is 21.4 Å². The highest BCUT2D eigenvalue weighted by atomic mass is 16.5. The molecule has 11 heteroatoms. The van der Waals surface area contributed by atoms with Crippen molar-refractivity contribution in [2.24, 2.45) is 0 Å². The third-order valence-corrected chi connectivity index (χ3v) is 6.70. The first-order valence-electron chi connectivity index (χ1n) is 11.5. The average Bonchev–Trinajstić information content (AvgIpc) is 3.58. The van der Waals surface area contributed by atoms with Crippen molar-refractivity contribution < 1.29 is 38.3 Å². The Balaban J connectivity index is 1.45. The molecule has 1 aliphatic heterocycles. The molecular formula is C26H23N3O8. The maximum Gasteiger partial charge on any atom is 0.238 e. The highest BCUT2D eigenvalue weighted by molar-refractivity contribution is 6.31. The van der Waals surface area contributed by atoms with Gasteiger partial charge < -0.3 is 29.2 Å². The maximum absolute atomic E-state index is 13.8. The summed E-state index contributed by atoms with van der Waals surface area (Å²) in [5.74, 6) is -1.55. The largest absolute Gasteiger partial charge is 0.507 e. The van der Waals surface area contributed by atoms with E-state index in [0.717, 1.165) is 0 Å². The van der Waals surface area contributed by atoms with E-state index in [-0.39, 0.29) is 46.1 Å². The van der Waals surface area contributed by atoms with Gasteiger partial charge in [0.2, 0.25) is 11.7 Å². The van der Waals surface area contributed by atoms with E-state index in [2.05, 4.69) is 15.5 Å². The van der Waals surface area contributed by atoms with E-state index < -0.39 is 28.5 Å². The minimum Gasteiger partial charge on any atom is -0.507 e. The molecule has 1 aliphatic carbocycles. The van der Waals surface area contributed by atoms with Crippen LogP contribution in [0.5, 0.6) is 17.2 Å². The number of hydrogen-bond acceptors (Lipinski definition) is 11. The molecule has 3 N–H and O–H groups in total. The number of nitrogens with zero attached hydrogens (tertiary/aromatic N) is 2.